The lowest BCUT2D eigenvalue weighted by Gasteiger charge is -2.08. The Labute approximate surface area is 103 Å². The largest absolute Gasteiger partial charge is 0.399 e. The number of nitrogen functional groups attached to an aromatic ring is 1. The fraction of sp³-hybridized carbons (Fsp3) is 0. The Morgan fingerprint density at radius 1 is 1.41 bits per heavy atom. The number of nitrogens with two attached hydrogens (primary N) is 1. The minimum atomic E-state index is -3.69. The highest BCUT2D eigenvalue weighted by Gasteiger charge is 2.16. The van der Waals surface area contributed by atoms with Crippen LogP contribution in [0.5, 0.6) is 0 Å². The average Bonchev–Trinajstić information content (AvgIpc) is 2.77. The normalized spacial score (nSPS) is 11.4. The third-order valence-electron chi connectivity index (χ3n) is 2.02. The van der Waals surface area contributed by atoms with Gasteiger partial charge in [0.2, 0.25) is 0 Å². The van der Waals surface area contributed by atoms with Gasteiger partial charge >= 0.3 is 0 Å². The van der Waals surface area contributed by atoms with E-state index in [2.05, 4.69) is 14.9 Å². The Morgan fingerprint density at radius 2 is 2.18 bits per heavy atom. The Kier molecular flexibility index (Phi) is 2.95. The predicted molar refractivity (Wildman–Crippen MR) is 65.3 cm³/mol. The van der Waals surface area contributed by atoms with E-state index in [0.717, 1.165) is 0 Å². The van der Waals surface area contributed by atoms with Gasteiger partial charge in [0.15, 0.2) is 0 Å². The van der Waals surface area contributed by atoms with E-state index in [4.69, 9.17) is 17.3 Å². The van der Waals surface area contributed by atoms with Crippen molar-refractivity contribution in [1.82, 2.24) is 10.2 Å². The van der Waals surface area contributed by atoms with Crippen LogP contribution in [0, 0.1) is 0 Å². The molecule has 1 aromatic carbocycles. The molecule has 0 amide bonds. The molecule has 2 aromatic rings. The molecule has 0 atom stereocenters. The summed E-state index contributed by atoms with van der Waals surface area (Å²) in [6, 6.07) is 4.54. The number of nitrogens with one attached hydrogen (secondary N) is 2. The van der Waals surface area contributed by atoms with Gasteiger partial charge in [-0.25, -0.2) is 8.42 Å². The Morgan fingerprint density at radius 3 is 2.82 bits per heavy atom. The summed E-state index contributed by atoms with van der Waals surface area (Å²) >= 11 is 5.86. The van der Waals surface area contributed by atoms with E-state index < -0.39 is 10.0 Å². The van der Waals surface area contributed by atoms with Crippen LogP contribution in [0.15, 0.2) is 35.5 Å². The Hall–Kier alpha value is -1.73. The zero-order valence-electron chi connectivity index (χ0n) is 8.51. The van der Waals surface area contributed by atoms with Crippen molar-refractivity contribution >= 4 is 33.0 Å². The molecule has 0 radical (unpaired) electrons. The van der Waals surface area contributed by atoms with E-state index in [0.29, 0.717) is 5.69 Å². The van der Waals surface area contributed by atoms with Gasteiger partial charge in [-0.3, -0.25) is 9.82 Å². The molecule has 0 unspecified atom stereocenters. The zero-order valence-corrected chi connectivity index (χ0v) is 10.1. The highest BCUT2D eigenvalue weighted by molar-refractivity contribution is 7.92. The maximum Gasteiger partial charge on any atom is 0.265 e. The van der Waals surface area contributed by atoms with Crippen LogP contribution in [0.2, 0.25) is 5.02 Å². The molecule has 0 bridgehead atoms. The SMILES string of the molecule is Nc1ccc(Cl)c(NS(=O)(=O)c2cn[nH]c2)c1. The van der Waals surface area contributed by atoms with E-state index in [1.165, 1.54) is 24.5 Å². The van der Waals surface area contributed by atoms with Gasteiger partial charge in [0.25, 0.3) is 10.0 Å². The number of halogens is 1. The third kappa shape index (κ3) is 2.51. The number of aromatic amines is 1. The number of nitrogens with zero attached hydrogens (tertiary/aromatic N) is 1. The minimum absolute atomic E-state index is 0.0241. The molecule has 0 saturated carbocycles. The van der Waals surface area contributed by atoms with Crippen LogP contribution in [-0.2, 0) is 10.0 Å². The van der Waals surface area contributed by atoms with Crippen molar-refractivity contribution in [3.8, 4) is 0 Å². The molecule has 90 valence electrons. The van der Waals surface area contributed by atoms with Crippen molar-refractivity contribution < 1.29 is 8.42 Å². The molecule has 0 aliphatic heterocycles. The Balaban J connectivity index is 2.36. The van der Waals surface area contributed by atoms with Gasteiger partial charge in [0.05, 0.1) is 16.9 Å². The number of benzene rings is 1. The predicted octanol–water partition coefficient (Wildman–Crippen LogP) is 1.45. The monoisotopic (exact) mass is 272 g/mol. The van der Waals surface area contributed by atoms with Gasteiger partial charge in [-0.2, -0.15) is 5.10 Å². The molecule has 2 rings (SSSR count). The summed E-state index contributed by atoms with van der Waals surface area (Å²) in [4.78, 5) is 0.0241. The van der Waals surface area contributed by atoms with Gasteiger partial charge in [-0.1, -0.05) is 11.6 Å². The number of aromatic nitrogens is 2. The van der Waals surface area contributed by atoms with Crippen LogP contribution in [0.1, 0.15) is 0 Å². The van der Waals surface area contributed by atoms with Gasteiger partial charge in [-0.05, 0) is 18.2 Å². The molecule has 0 saturated heterocycles. The van der Waals surface area contributed by atoms with E-state index in [9.17, 15) is 8.42 Å². The topological polar surface area (TPSA) is 101 Å². The fourth-order valence-corrected chi connectivity index (χ4v) is 2.41. The van der Waals surface area contributed by atoms with Crippen LogP contribution in [0.25, 0.3) is 0 Å². The van der Waals surface area contributed by atoms with Crippen molar-refractivity contribution in [3.63, 3.8) is 0 Å². The first-order valence-electron chi connectivity index (χ1n) is 4.56. The van der Waals surface area contributed by atoms with Crippen LogP contribution in [0.4, 0.5) is 11.4 Å². The van der Waals surface area contributed by atoms with Crippen molar-refractivity contribution in [2.24, 2.45) is 0 Å². The maximum atomic E-state index is 11.9. The number of hydrogen-bond acceptors (Lipinski definition) is 4. The van der Waals surface area contributed by atoms with Gasteiger partial charge in [0.1, 0.15) is 4.90 Å². The quantitative estimate of drug-likeness (QED) is 0.736. The molecule has 0 fully saturated rings. The molecule has 0 spiro atoms. The summed E-state index contributed by atoms with van der Waals surface area (Å²) in [6.45, 7) is 0. The lowest BCUT2D eigenvalue weighted by atomic mass is 10.3. The summed E-state index contributed by atoms with van der Waals surface area (Å²) < 4.78 is 26.0. The lowest BCUT2D eigenvalue weighted by molar-refractivity contribution is 0.601. The molecule has 0 aliphatic carbocycles. The number of sulfonamides is 1. The number of hydrogen-bond donors (Lipinski definition) is 3. The van der Waals surface area contributed by atoms with Crippen molar-refractivity contribution in [2.45, 2.75) is 4.90 Å². The van der Waals surface area contributed by atoms with Crippen LogP contribution >= 0.6 is 11.6 Å². The van der Waals surface area contributed by atoms with Crippen LogP contribution in [0.3, 0.4) is 0 Å². The maximum absolute atomic E-state index is 11.9. The second-order valence-corrected chi connectivity index (χ2v) is 5.37. The molecular formula is C9H9ClN4O2S. The molecule has 4 N–H and O–H groups in total. The molecule has 17 heavy (non-hydrogen) atoms. The summed E-state index contributed by atoms with van der Waals surface area (Å²) in [6.07, 6.45) is 2.46. The Bertz CT molecular complexity index is 624. The first-order valence-corrected chi connectivity index (χ1v) is 6.42. The lowest BCUT2D eigenvalue weighted by Crippen LogP contribution is -2.12. The summed E-state index contributed by atoms with van der Waals surface area (Å²) in [7, 11) is -3.69. The fourth-order valence-electron chi connectivity index (χ4n) is 1.21. The molecule has 8 heteroatoms. The molecular weight excluding hydrogens is 264 g/mol. The minimum Gasteiger partial charge on any atom is -0.399 e. The first-order chi connectivity index (χ1) is 7.99. The van der Waals surface area contributed by atoms with Crippen molar-refractivity contribution in [3.05, 3.63) is 35.6 Å². The molecule has 6 nitrogen and oxygen atoms in total. The van der Waals surface area contributed by atoms with E-state index in [1.807, 2.05) is 0 Å². The van der Waals surface area contributed by atoms with Gasteiger partial charge < -0.3 is 5.73 Å². The van der Waals surface area contributed by atoms with Gasteiger partial charge in [-0.15, -0.1) is 0 Å². The van der Waals surface area contributed by atoms with Crippen molar-refractivity contribution in [2.75, 3.05) is 10.5 Å². The van der Waals surface area contributed by atoms with E-state index >= 15 is 0 Å². The van der Waals surface area contributed by atoms with Crippen LogP contribution in [-0.4, -0.2) is 18.6 Å². The van der Waals surface area contributed by atoms with Crippen molar-refractivity contribution in [1.29, 1.82) is 0 Å². The molecule has 1 aromatic heterocycles. The van der Waals surface area contributed by atoms with Crippen LogP contribution < -0.4 is 10.5 Å². The standard InChI is InChI=1S/C9H9ClN4O2S/c10-8-2-1-6(11)3-9(8)14-17(15,16)7-4-12-13-5-7/h1-5,14H,11H2,(H,12,13). The second-order valence-electron chi connectivity index (χ2n) is 3.28. The highest BCUT2D eigenvalue weighted by Crippen LogP contribution is 2.26. The van der Waals surface area contributed by atoms with E-state index in [1.54, 1.807) is 6.07 Å². The average molecular weight is 273 g/mol. The highest BCUT2D eigenvalue weighted by atomic mass is 35.5. The smallest absolute Gasteiger partial charge is 0.265 e. The van der Waals surface area contributed by atoms with Gasteiger partial charge in [0, 0.05) is 11.9 Å². The first kappa shape index (κ1) is 11.7. The third-order valence-corrected chi connectivity index (χ3v) is 3.68. The summed E-state index contributed by atoms with van der Waals surface area (Å²) in [5, 5.41) is 6.26. The number of rotatable bonds is 3. The second kappa shape index (κ2) is 4.27. The van der Waals surface area contributed by atoms with E-state index in [-0.39, 0.29) is 15.6 Å². The summed E-state index contributed by atoms with van der Waals surface area (Å²) in [5.74, 6) is 0. The molecule has 0 aliphatic rings. The molecule has 1 heterocycles. The number of H-pyrrole nitrogens is 1. The number of anilines is 2. The summed E-state index contributed by atoms with van der Waals surface area (Å²) in [5.41, 5.74) is 6.20. The zero-order chi connectivity index (χ0) is 12.5.